The number of carbonyl (C=O) groups is 2. The van der Waals surface area contributed by atoms with Crippen LogP contribution in [0.25, 0.3) is 6.08 Å². The molecule has 0 bridgehead atoms. The normalized spacial score (nSPS) is 24.8. The average molecular weight is 499 g/mol. The van der Waals surface area contributed by atoms with Crippen molar-refractivity contribution in [2.45, 2.75) is 96.1 Å². The van der Waals surface area contributed by atoms with E-state index in [1.807, 2.05) is 51.1 Å². The number of amides is 2. The van der Waals surface area contributed by atoms with E-state index in [0.717, 1.165) is 11.1 Å². The molecule has 9 nitrogen and oxygen atoms in total. The fourth-order valence-corrected chi connectivity index (χ4v) is 4.30. The van der Waals surface area contributed by atoms with Crippen molar-refractivity contribution in [3.63, 3.8) is 0 Å². The second-order valence-electron chi connectivity index (χ2n) is 10.9. The molecule has 0 aliphatic carbocycles. The van der Waals surface area contributed by atoms with Crippen LogP contribution in [-0.4, -0.2) is 45.9 Å². The zero-order valence-corrected chi connectivity index (χ0v) is 22.0. The number of ether oxygens (including phenoxy) is 2. The van der Waals surface area contributed by atoms with Gasteiger partial charge in [0.15, 0.2) is 0 Å². The predicted molar refractivity (Wildman–Crippen MR) is 138 cm³/mol. The van der Waals surface area contributed by atoms with Gasteiger partial charge in [-0.05, 0) is 83.7 Å². The molecule has 0 saturated heterocycles. The average Bonchev–Trinajstić information content (AvgIpc) is 2.76. The molecule has 5 N–H and O–H groups in total. The van der Waals surface area contributed by atoms with Gasteiger partial charge in [-0.3, -0.25) is 15.4 Å². The molecule has 36 heavy (non-hydrogen) atoms. The highest BCUT2D eigenvalue weighted by Crippen LogP contribution is 2.39. The third-order valence-electron chi connectivity index (χ3n) is 6.31. The number of nitrogens with zero attached hydrogens (tertiary/aromatic N) is 1. The number of aliphatic hydroxyl groups excluding tert-OH is 1. The number of aliphatic hydroxyl groups is 1. The maximum Gasteiger partial charge on any atom is 0.414 e. The maximum absolute atomic E-state index is 12.3. The summed E-state index contributed by atoms with van der Waals surface area (Å²) in [4.78, 5) is 29.1. The quantitative estimate of drug-likeness (QED) is 0.457. The van der Waals surface area contributed by atoms with Gasteiger partial charge < -0.3 is 20.3 Å². The number of allylic oxidation sites excluding steroid dienone is 1. The summed E-state index contributed by atoms with van der Waals surface area (Å²) in [6, 6.07) is 5.14. The van der Waals surface area contributed by atoms with Crippen LogP contribution in [0, 0.1) is 0 Å². The zero-order valence-electron chi connectivity index (χ0n) is 22.0. The van der Waals surface area contributed by atoms with Gasteiger partial charge in [0.05, 0.1) is 18.0 Å². The summed E-state index contributed by atoms with van der Waals surface area (Å²) in [5.41, 5.74) is 9.05. The number of nitrogens with one attached hydrogen (secondary N) is 2. The molecular formula is C27H38N4O5. The largest absolute Gasteiger partial charge is 0.485 e. The highest BCUT2D eigenvalue weighted by molar-refractivity contribution is 6.05. The van der Waals surface area contributed by atoms with E-state index >= 15 is 0 Å². The summed E-state index contributed by atoms with van der Waals surface area (Å²) in [5, 5.41) is 15.6. The Kier molecular flexibility index (Phi) is 7.98. The van der Waals surface area contributed by atoms with Gasteiger partial charge in [0, 0.05) is 5.56 Å². The monoisotopic (exact) mass is 498 g/mol. The lowest BCUT2D eigenvalue weighted by atomic mass is 9.86. The summed E-state index contributed by atoms with van der Waals surface area (Å²) in [5.74, 6) is 0.586. The maximum atomic E-state index is 12.3. The van der Waals surface area contributed by atoms with E-state index in [9.17, 15) is 14.7 Å². The Labute approximate surface area is 212 Å². The lowest BCUT2D eigenvalue weighted by Crippen LogP contribution is -2.52. The van der Waals surface area contributed by atoms with E-state index < -0.39 is 35.0 Å². The number of guanidine groups is 1. The molecule has 0 fully saturated rings. The van der Waals surface area contributed by atoms with E-state index in [1.54, 1.807) is 20.8 Å². The van der Waals surface area contributed by atoms with Crippen LogP contribution in [0.2, 0.25) is 0 Å². The fourth-order valence-electron chi connectivity index (χ4n) is 4.30. The minimum Gasteiger partial charge on any atom is -0.485 e. The molecule has 0 radical (unpaired) electrons. The Bertz CT molecular complexity index is 1100. The molecule has 1 aromatic carbocycles. The number of hydrogen-bond acceptors (Lipinski definition) is 7. The van der Waals surface area contributed by atoms with Crippen molar-refractivity contribution in [2.75, 3.05) is 0 Å². The topological polar surface area (TPSA) is 135 Å². The third-order valence-corrected chi connectivity index (χ3v) is 6.31. The molecule has 196 valence electrons. The third kappa shape index (κ3) is 6.75. The summed E-state index contributed by atoms with van der Waals surface area (Å²) < 4.78 is 11.2. The molecule has 0 aromatic heterocycles. The van der Waals surface area contributed by atoms with Crippen molar-refractivity contribution in [2.24, 2.45) is 10.7 Å². The Hall–Kier alpha value is -3.13. The molecule has 2 aliphatic rings. The van der Waals surface area contributed by atoms with E-state index in [1.165, 1.54) is 0 Å². The first-order valence-electron chi connectivity index (χ1n) is 12.3. The van der Waals surface area contributed by atoms with Crippen molar-refractivity contribution in [3.05, 3.63) is 41.1 Å². The first kappa shape index (κ1) is 27.5. The number of alkyl carbamates (subject to hydrolysis) is 1. The first-order valence-corrected chi connectivity index (χ1v) is 12.3. The van der Waals surface area contributed by atoms with Crippen molar-refractivity contribution in [1.29, 1.82) is 0 Å². The number of hydrogen-bond donors (Lipinski definition) is 4. The van der Waals surface area contributed by atoms with Crippen molar-refractivity contribution in [1.82, 2.24) is 10.6 Å². The molecular weight excluding hydrogens is 460 g/mol. The predicted octanol–water partition coefficient (Wildman–Crippen LogP) is 3.72. The van der Waals surface area contributed by atoms with Gasteiger partial charge in [-0.1, -0.05) is 13.0 Å². The molecule has 2 amide bonds. The van der Waals surface area contributed by atoms with E-state index in [2.05, 4.69) is 21.4 Å². The molecule has 1 unspecified atom stereocenters. The number of carbonyl (C=O) groups excluding carboxylic acids is 2. The number of aliphatic imine (C=N–C) groups is 1. The van der Waals surface area contributed by atoms with Crippen LogP contribution in [0.3, 0.4) is 0 Å². The van der Waals surface area contributed by atoms with Gasteiger partial charge in [0.2, 0.25) is 11.9 Å². The van der Waals surface area contributed by atoms with Gasteiger partial charge in [-0.15, -0.1) is 5.73 Å². The van der Waals surface area contributed by atoms with Crippen LogP contribution in [-0.2, 0) is 9.53 Å². The van der Waals surface area contributed by atoms with Gasteiger partial charge in [0.25, 0.3) is 0 Å². The fraction of sp³-hybridized carbons (Fsp3) is 0.556. The molecule has 0 spiro atoms. The van der Waals surface area contributed by atoms with Gasteiger partial charge in [0.1, 0.15) is 23.1 Å². The molecule has 1 aromatic rings. The van der Waals surface area contributed by atoms with Crippen LogP contribution in [0.4, 0.5) is 4.79 Å². The second kappa shape index (κ2) is 10.5. The zero-order chi connectivity index (χ0) is 26.7. The van der Waals surface area contributed by atoms with E-state index in [-0.39, 0.29) is 18.3 Å². The Morgan fingerprint density at radius 3 is 2.81 bits per heavy atom. The van der Waals surface area contributed by atoms with Crippen LogP contribution >= 0.6 is 0 Å². The highest BCUT2D eigenvalue weighted by Gasteiger charge is 2.41. The lowest BCUT2D eigenvalue weighted by molar-refractivity contribution is -0.121. The molecule has 9 heteroatoms. The van der Waals surface area contributed by atoms with Crippen molar-refractivity contribution in [3.8, 4) is 5.75 Å². The van der Waals surface area contributed by atoms with Gasteiger partial charge in [-0.2, -0.15) is 0 Å². The molecule has 2 aliphatic heterocycles. The molecule has 3 rings (SSSR count). The summed E-state index contributed by atoms with van der Waals surface area (Å²) in [6.07, 6.45) is 4.39. The van der Waals surface area contributed by atoms with Crippen molar-refractivity contribution < 1.29 is 24.2 Å². The smallest absolute Gasteiger partial charge is 0.414 e. The first-order chi connectivity index (χ1) is 16.7. The highest BCUT2D eigenvalue weighted by atomic mass is 16.6. The second-order valence-corrected chi connectivity index (χ2v) is 10.9. The van der Waals surface area contributed by atoms with Crippen LogP contribution < -0.4 is 21.1 Å². The van der Waals surface area contributed by atoms with Gasteiger partial charge in [-0.25, -0.2) is 9.79 Å². The molecule has 2 heterocycles. The van der Waals surface area contributed by atoms with Crippen LogP contribution in [0.5, 0.6) is 5.75 Å². The van der Waals surface area contributed by atoms with E-state index in [0.29, 0.717) is 25.0 Å². The number of nitrogens with two attached hydrogens (primary N) is 1. The van der Waals surface area contributed by atoms with Gasteiger partial charge >= 0.3 is 6.09 Å². The number of benzene rings is 1. The molecule has 0 saturated carbocycles. The minimum absolute atomic E-state index is 0.111. The van der Waals surface area contributed by atoms with Crippen LogP contribution in [0.1, 0.15) is 84.4 Å². The summed E-state index contributed by atoms with van der Waals surface area (Å²) in [7, 11) is 0. The SMILES string of the molecule is CCC1(CCC=C=Cc2ccc3c(c2)[C@@H](N)[C@H](O)C(C)(C)O3)CC(=O)NC(NC(=O)OC(C)(C)C)=N1. The number of rotatable bonds is 5. The Morgan fingerprint density at radius 2 is 2.14 bits per heavy atom. The van der Waals surface area contributed by atoms with E-state index in [4.69, 9.17) is 15.2 Å². The summed E-state index contributed by atoms with van der Waals surface area (Å²) in [6.45, 7) is 10.9. The lowest BCUT2D eigenvalue weighted by Gasteiger charge is -2.40. The molecule has 3 atom stereocenters. The Balaban J connectivity index is 1.67. The number of fused-ring (bicyclic) bond motifs is 1. The van der Waals surface area contributed by atoms with Crippen molar-refractivity contribution >= 4 is 24.0 Å². The summed E-state index contributed by atoms with van der Waals surface area (Å²) >= 11 is 0. The van der Waals surface area contributed by atoms with Crippen LogP contribution in [0.15, 0.2) is 35.0 Å². The standard InChI is InChI=1S/C27H38N4O5/c1-7-27(16-20(32)29-23(31-27)30-24(34)36-25(2,3)4)14-10-8-9-11-17-12-13-19-18(15-17)21(28)22(33)26(5,6)35-19/h8,11-13,15,21-22,33H,7,10,14,16,28H2,1-6H3,(H2,29,30,31,32,34)/t9?,21-,22+,27?/m1/s1. The minimum atomic E-state index is -0.812. The Morgan fingerprint density at radius 1 is 1.42 bits per heavy atom.